The predicted octanol–water partition coefficient (Wildman–Crippen LogP) is 4.64. The molecule has 3 aromatic rings. The van der Waals surface area contributed by atoms with Gasteiger partial charge in [-0.1, -0.05) is 40.8 Å². The molecule has 0 saturated carbocycles. The summed E-state index contributed by atoms with van der Waals surface area (Å²) in [6.07, 6.45) is 3.08. The first-order chi connectivity index (χ1) is 19.9. The molecule has 1 atom stereocenters. The number of rotatable bonds is 8. The van der Waals surface area contributed by atoms with Gasteiger partial charge < -0.3 is 20.5 Å². The molecule has 3 heterocycles. The van der Waals surface area contributed by atoms with Gasteiger partial charge >= 0.3 is 0 Å². The van der Waals surface area contributed by atoms with Crippen LogP contribution >= 0.6 is 34.7 Å². The van der Waals surface area contributed by atoms with Gasteiger partial charge in [-0.3, -0.25) is 14.5 Å². The smallest absolute Gasteiger partial charge is 0.234 e. The molecule has 41 heavy (non-hydrogen) atoms. The summed E-state index contributed by atoms with van der Waals surface area (Å²) in [5.41, 5.74) is 9.08. The number of ether oxygens (including phenoxy) is 2. The van der Waals surface area contributed by atoms with Crippen molar-refractivity contribution in [3.05, 3.63) is 69.9 Å². The van der Waals surface area contributed by atoms with Crippen molar-refractivity contribution < 1.29 is 19.1 Å². The summed E-state index contributed by atoms with van der Waals surface area (Å²) in [6.45, 7) is 0. The van der Waals surface area contributed by atoms with E-state index in [0.29, 0.717) is 62.8 Å². The highest BCUT2D eigenvalue weighted by molar-refractivity contribution is 8.01. The Labute approximate surface area is 249 Å². The van der Waals surface area contributed by atoms with E-state index in [4.69, 9.17) is 26.8 Å². The van der Waals surface area contributed by atoms with E-state index in [9.17, 15) is 14.9 Å². The number of methoxy groups -OCH3 is 2. The molecule has 0 saturated heterocycles. The van der Waals surface area contributed by atoms with E-state index >= 15 is 0 Å². The molecule has 2 aromatic heterocycles. The largest absolute Gasteiger partial charge is 0.497 e. The second-order valence-corrected chi connectivity index (χ2v) is 11.5. The first kappa shape index (κ1) is 28.4. The second kappa shape index (κ2) is 12.2. The number of ketones is 1. The van der Waals surface area contributed by atoms with Crippen LogP contribution in [0.3, 0.4) is 0 Å². The maximum Gasteiger partial charge on any atom is 0.234 e. The van der Waals surface area contributed by atoms with Crippen molar-refractivity contribution in [2.45, 2.75) is 29.5 Å². The van der Waals surface area contributed by atoms with E-state index in [1.54, 1.807) is 42.3 Å². The van der Waals surface area contributed by atoms with E-state index in [1.807, 2.05) is 0 Å². The van der Waals surface area contributed by atoms with Crippen LogP contribution < -0.4 is 25.4 Å². The number of carbonyl (C=O) groups excluding carboxylic acids is 2. The zero-order chi connectivity index (χ0) is 29.1. The number of aromatic nitrogens is 3. The number of anilines is 2. The van der Waals surface area contributed by atoms with Crippen molar-refractivity contribution in [2.24, 2.45) is 5.73 Å². The number of halogens is 1. The lowest BCUT2D eigenvalue weighted by Crippen LogP contribution is -2.38. The molecule has 5 rings (SSSR count). The van der Waals surface area contributed by atoms with E-state index in [2.05, 4.69) is 26.6 Å². The molecule has 0 radical (unpaired) electrons. The Kier molecular flexibility index (Phi) is 8.44. The standard InChI is InChI=1S/C27H24ClN7O4S2/c1-38-14-8-9-15(20(11-14)39-2)22-16(12-29)25(30)35(18-6-3-7-19(36)23(18)22)26-33-34-27(41-26)40-13-21(37)32-17-5-4-10-31-24(17)28/h4-5,8-11,22H,3,6-7,13,30H2,1-2H3,(H,32,37). The third-order valence-corrected chi connectivity index (χ3v) is 8.95. The summed E-state index contributed by atoms with van der Waals surface area (Å²) in [7, 11) is 3.07. The summed E-state index contributed by atoms with van der Waals surface area (Å²) < 4.78 is 11.5. The SMILES string of the molecule is COc1ccc(C2C(C#N)=C(N)N(c3nnc(SCC(=O)Nc4cccnc4Cl)s3)C3=C2C(=O)CCC3)c(OC)c1. The molecule has 210 valence electrons. The third kappa shape index (κ3) is 5.58. The van der Waals surface area contributed by atoms with Gasteiger partial charge in [0, 0.05) is 35.5 Å². The molecule has 0 fully saturated rings. The van der Waals surface area contributed by atoms with Crippen molar-refractivity contribution in [1.29, 1.82) is 5.26 Å². The molecule has 0 bridgehead atoms. The van der Waals surface area contributed by atoms with Crippen LogP contribution in [0.5, 0.6) is 11.5 Å². The molecule has 11 nitrogen and oxygen atoms in total. The number of carbonyl (C=O) groups is 2. The number of nitrogens with zero attached hydrogens (tertiary/aromatic N) is 5. The first-order valence-electron chi connectivity index (χ1n) is 12.4. The summed E-state index contributed by atoms with van der Waals surface area (Å²) in [4.78, 5) is 31.5. The second-order valence-electron chi connectivity index (χ2n) is 8.95. The normalized spacial score (nSPS) is 16.8. The Hall–Kier alpha value is -4.12. The Morgan fingerprint density at radius 1 is 1.29 bits per heavy atom. The highest BCUT2D eigenvalue weighted by Crippen LogP contribution is 2.49. The number of hydrogen-bond acceptors (Lipinski definition) is 12. The lowest BCUT2D eigenvalue weighted by atomic mass is 9.75. The van der Waals surface area contributed by atoms with Crippen molar-refractivity contribution in [1.82, 2.24) is 15.2 Å². The summed E-state index contributed by atoms with van der Waals surface area (Å²) in [5, 5.41) is 22.1. The fraction of sp³-hybridized carbons (Fsp3) is 0.259. The number of Topliss-reactive ketones (excluding diaryl/α,β-unsaturated/α-hetero) is 1. The van der Waals surface area contributed by atoms with Crippen LogP contribution in [0.15, 0.2) is 63.5 Å². The van der Waals surface area contributed by atoms with Gasteiger partial charge in [0.2, 0.25) is 11.0 Å². The van der Waals surface area contributed by atoms with Crippen molar-refractivity contribution in [3.63, 3.8) is 0 Å². The van der Waals surface area contributed by atoms with E-state index in [-0.39, 0.29) is 34.0 Å². The molecule has 3 N–H and O–H groups in total. The Morgan fingerprint density at radius 3 is 2.85 bits per heavy atom. The lowest BCUT2D eigenvalue weighted by molar-refractivity contribution is -0.116. The van der Waals surface area contributed by atoms with Crippen molar-refractivity contribution in [3.8, 4) is 17.6 Å². The number of thioether (sulfide) groups is 1. The molecule has 0 spiro atoms. The zero-order valence-corrected chi connectivity index (χ0v) is 24.4. The van der Waals surface area contributed by atoms with Gasteiger partial charge in [-0.15, -0.1) is 10.2 Å². The quantitative estimate of drug-likeness (QED) is 0.271. The fourth-order valence-corrected chi connectivity index (χ4v) is 6.66. The first-order valence-corrected chi connectivity index (χ1v) is 14.6. The highest BCUT2D eigenvalue weighted by atomic mass is 35.5. The van der Waals surface area contributed by atoms with E-state index in [1.165, 1.54) is 36.4 Å². The highest BCUT2D eigenvalue weighted by Gasteiger charge is 2.42. The van der Waals surface area contributed by atoms with Gasteiger partial charge in [0.1, 0.15) is 17.3 Å². The number of pyridine rings is 1. The average molecular weight is 610 g/mol. The number of hydrogen-bond donors (Lipinski definition) is 2. The Bertz CT molecular complexity index is 1630. The molecule has 1 aliphatic carbocycles. The van der Waals surface area contributed by atoms with Crippen LogP contribution in [0, 0.1) is 11.3 Å². The van der Waals surface area contributed by atoms with Gasteiger partial charge in [0.15, 0.2) is 15.3 Å². The van der Waals surface area contributed by atoms with Gasteiger partial charge in [0.05, 0.1) is 43.2 Å². The van der Waals surface area contributed by atoms with E-state index in [0.717, 1.165) is 0 Å². The molecule has 1 aromatic carbocycles. The van der Waals surface area contributed by atoms with E-state index < -0.39 is 5.92 Å². The number of amides is 1. The molecule has 14 heteroatoms. The fourth-order valence-electron chi connectivity index (χ4n) is 4.82. The predicted molar refractivity (Wildman–Crippen MR) is 156 cm³/mol. The van der Waals surface area contributed by atoms with Crippen molar-refractivity contribution in [2.75, 3.05) is 30.2 Å². The molecule has 1 aliphatic heterocycles. The summed E-state index contributed by atoms with van der Waals surface area (Å²) >= 11 is 8.42. The van der Waals surface area contributed by atoms with Crippen LogP contribution in [-0.4, -0.2) is 46.8 Å². The molecule has 1 unspecified atom stereocenters. The number of benzene rings is 1. The maximum atomic E-state index is 13.4. The van der Waals surface area contributed by atoms with Gasteiger partial charge in [-0.2, -0.15) is 5.26 Å². The van der Waals surface area contributed by atoms with Crippen LogP contribution in [0.25, 0.3) is 0 Å². The van der Waals surface area contributed by atoms with Crippen LogP contribution in [0.1, 0.15) is 30.7 Å². The van der Waals surface area contributed by atoms with Crippen LogP contribution in [0.2, 0.25) is 5.15 Å². The van der Waals surface area contributed by atoms with Gasteiger partial charge in [-0.25, -0.2) is 4.98 Å². The minimum Gasteiger partial charge on any atom is -0.497 e. The summed E-state index contributed by atoms with van der Waals surface area (Å²) in [6, 6.07) is 10.8. The minimum absolute atomic E-state index is 0.0559. The number of nitrogens with one attached hydrogen (secondary N) is 1. The lowest BCUT2D eigenvalue weighted by Gasteiger charge is -2.38. The topological polar surface area (TPSA) is 156 Å². The van der Waals surface area contributed by atoms with Crippen LogP contribution in [-0.2, 0) is 9.59 Å². The van der Waals surface area contributed by atoms with Crippen molar-refractivity contribution >= 4 is 57.2 Å². The average Bonchev–Trinajstić information content (AvgIpc) is 3.45. The molecule has 1 amide bonds. The Morgan fingerprint density at radius 2 is 2.12 bits per heavy atom. The summed E-state index contributed by atoms with van der Waals surface area (Å²) in [5.74, 6) is 0.229. The zero-order valence-electron chi connectivity index (χ0n) is 22.0. The Balaban J connectivity index is 1.46. The number of nitriles is 1. The minimum atomic E-state index is -0.704. The number of allylic oxidation sites excluding steroid dienone is 3. The molecule has 2 aliphatic rings. The number of nitrogens with two attached hydrogens (primary N) is 1. The third-order valence-electron chi connectivity index (χ3n) is 6.61. The monoisotopic (exact) mass is 609 g/mol. The maximum absolute atomic E-state index is 13.4. The van der Waals surface area contributed by atoms with Crippen LogP contribution in [0.4, 0.5) is 10.8 Å². The molecular weight excluding hydrogens is 586 g/mol. The van der Waals surface area contributed by atoms with Gasteiger partial charge in [-0.05, 0) is 31.0 Å². The van der Waals surface area contributed by atoms with Gasteiger partial charge in [0.25, 0.3) is 0 Å². The molecular formula is C27H24ClN7O4S2.